The Morgan fingerprint density at radius 3 is 2.24 bits per heavy atom. The van der Waals surface area contributed by atoms with Gasteiger partial charge < -0.3 is 19.5 Å². The smallest absolute Gasteiger partial charge is 0.303 e. The van der Waals surface area contributed by atoms with Gasteiger partial charge in [0.25, 0.3) is 0 Å². The monoisotopic (exact) mass is 447 g/mol. The first-order valence-corrected chi connectivity index (χ1v) is 11.3. The first-order chi connectivity index (χ1) is 15.9. The number of carbonyl (C=O) groups is 1. The zero-order valence-electron chi connectivity index (χ0n) is 20.1. The number of likely N-dealkylation sites (N-methyl/N-ethyl adjacent to an activating group) is 1. The molecule has 1 N–H and O–H groups in total. The standard InChI is InChI=1S/C28H33NO4/c1-6-21(29(3)7-2)16-19-17-25(32-4)28(26(18-19)33-5)24-13-9-11-22-20(14-15-27(30)31)10-8-12-23(22)24/h6,8-13,17-18H,7,14-16H2,1-5H3,(H,30,31)/b21-6-. The van der Waals surface area contributed by atoms with Crippen LogP contribution in [0.2, 0.25) is 0 Å². The molecule has 3 aromatic carbocycles. The van der Waals surface area contributed by atoms with Crippen LogP contribution in [0.15, 0.2) is 60.3 Å². The topological polar surface area (TPSA) is 59.0 Å². The van der Waals surface area contributed by atoms with Gasteiger partial charge >= 0.3 is 5.97 Å². The van der Waals surface area contributed by atoms with Crippen LogP contribution in [0.4, 0.5) is 0 Å². The van der Waals surface area contributed by atoms with Crippen LogP contribution in [0.5, 0.6) is 11.5 Å². The van der Waals surface area contributed by atoms with Gasteiger partial charge in [0.1, 0.15) is 11.5 Å². The lowest BCUT2D eigenvalue weighted by Crippen LogP contribution is -2.18. The maximum absolute atomic E-state index is 11.1. The zero-order valence-corrected chi connectivity index (χ0v) is 20.1. The lowest BCUT2D eigenvalue weighted by molar-refractivity contribution is -0.136. The fourth-order valence-corrected chi connectivity index (χ4v) is 4.26. The van der Waals surface area contributed by atoms with E-state index in [1.54, 1.807) is 14.2 Å². The van der Waals surface area contributed by atoms with Gasteiger partial charge in [-0.25, -0.2) is 0 Å². The molecule has 0 atom stereocenters. The van der Waals surface area contributed by atoms with Crippen LogP contribution in [-0.2, 0) is 17.6 Å². The molecular weight excluding hydrogens is 414 g/mol. The van der Waals surface area contributed by atoms with Crippen molar-refractivity contribution < 1.29 is 19.4 Å². The highest BCUT2D eigenvalue weighted by Crippen LogP contribution is 2.43. The molecule has 0 radical (unpaired) electrons. The average molecular weight is 448 g/mol. The summed E-state index contributed by atoms with van der Waals surface area (Å²) in [6.45, 7) is 5.13. The second kappa shape index (κ2) is 10.9. The molecule has 0 saturated heterocycles. The summed E-state index contributed by atoms with van der Waals surface area (Å²) in [7, 11) is 5.45. The second-order valence-electron chi connectivity index (χ2n) is 8.06. The normalized spacial score (nSPS) is 11.5. The highest BCUT2D eigenvalue weighted by atomic mass is 16.5. The second-order valence-corrected chi connectivity index (χ2v) is 8.06. The predicted octanol–water partition coefficient (Wildman–Crippen LogP) is 5.94. The van der Waals surface area contributed by atoms with Crippen molar-refractivity contribution in [3.8, 4) is 22.6 Å². The number of rotatable bonds is 10. The van der Waals surface area contributed by atoms with Crippen LogP contribution in [0.3, 0.4) is 0 Å². The Morgan fingerprint density at radius 2 is 1.67 bits per heavy atom. The van der Waals surface area contributed by atoms with E-state index >= 15 is 0 Å². The number of allylic oxidation sites excluding steroid dienone is 2. The molecule has 5 heteroatoms. The minimum atomic E-state index is -0.795. The molecule has 0 aromatic heterocycles. The summed E-state index contributed by atoms with van der Waals surface area (Å²) in [4.78, 5) is 13.3. The van der Waals surface area contributed by atoms with Crippen LogP contribution < -0.4 is 9.47 Å². The molecule has 0 bridgehead atoms. The number of nitrogens with zero attached hydrogens (tertiary/aromatic N) is 1. The maximum atomic E-state index is 11.1. The van der Waals surface area contributed by atoms with Gasteiger partial charge in [-0.05, 0) is 59.9 Å². The van der Waals surface area contributed by atoms with E-state index in [2.05, 4.69) is 56.1 Å². The van der Waals surface area contributed by atoms with Crippen molar-refractivity contribution in [2.24, 2.45) is 0 Å². The van der Waals surface area contributed by atoms with Crippen LogP contribution in [-0.4, -0.2) is 43.8 Å². The summed E-state index contributed by atoms with van der Waals surface area (Å²) in [6.07, 6.45) is 3.51. The summed E-state index contributed by atoms with van der Waals surface area (Å²) < 4.78 is 11.7. The SMILES string of the molecule is C/C=C(/Cc1cc(OC)c(-c2cccc3c(CCC(=O)O)cccc23)c(OC)c1)N(C)CC. The van der Waals surface area contributed by atoms with Crippen molar-refractivity contribution in [1.82, 2.24) is 4.90 Å². The predicted molar refractivity (Wildman–Crippen MR) is 134 cm³/mol. The third-order valence-electron chi connectivity index (χ3n) is 6.14. The van der Waals surface area contributed by atoms with E-state index in [9.17, 15) is 4.79 Å². The Morgan fingerprint density at radius 1 is 1.03 bits per heavy atom. The third-order valence-corrected chi connectivity index (χ3v) is 6.14. The van der Waals surface area contributed by atoms with Crippen molar-refractivity contribution in [3.63, 3.8) is 0 Å². The summed E-state index contributed by atoms with van der Waals surface area (Å²) in [5, 5.41) is 11.2. The lowest BCUT2D eigenvalue weighted by Gasteiger charge is -2.22. The van der Waals surface area contributed by atoms with E-state index in [1.165, 1.54) is 5.70 Å². The first kappa shape index (κ1) is 24.2. The number of benzene rings is 3. The molecule has 0 aliphatic rings. The number of aliphatic carboxylic acids is 1. The molecule has 3 rings (SSSR count). The number of hydrogen-bond acceptors (Lipinski definition) is 4. The number of ether oxygens (including phenoxy) is 2. The molecule has 0 fully saturated rings. The minimum absolute atomic E-state index is 0.101. The number of carboxylic acids is 1. The van der Waals surface area contributed by atoms with E-state index in [0.717, 1.165) is 57.5 Å². The number of aryl methyl sites for hydroxylation is 1. The van der Waals surface area contributed by atoms with E-state index < -0.39 is 5.97 Å². The number of hydrogen-bond donors (Lipinski definition) is 1. The molecule has 174 valence electrons. The summed E-state index contributed by atoms with van der Waals surface area (Å²) >= 11 is 0. The first-order valence-electron chi connectivity index (χ1n) is 11.3. The zero-order chi connectivity index (χ0) is 24.0. The van der Waals surface area contributed by atoms with Crippen molar-refractivity contribution in [3.05, 3.63) is 71.4 Å². The van der Waals surface area contributed by atoms with E-state index in [0.29, 0.717) is 6.42 Å². The Hall–Kier alpha value is -3.47. The van der Waals surface area contributed by atoms with E-state index in [1.807, 2.05) is 24.3 Å². The van der Waals surface area contributed by atoms with Crippen molar-refractivity contribution in [1.29, 1.82) is 0 Å². The molecule has 0 spiro atoms. The molecule has 0 saturated carbocycles. The Labute approximate surface area is 196 Å². The Kier molecular flexibility index (Phi) is 7.99. The van der Waals surface area contributed by atoms with Crippen LogP contribution in [0, 0.1) is 0 Å². The van der Waals surface area contributed by atoms with Gasteiger partial charge in [-0.2, -0.15) is 0 Å². The minimum Gasteiger partial charge on any atom is -0.496 e. The van der Waals surface area contributed by atoms with Gasteiger partial charge in [0.15, 0.2) is 0 Å². The molecule has 0 unspecified atom stereocenters. The van der Waals surface area contributed by atoms with Crippen molar-refractivity contribution >= 4 is 16.7 Å². The summed E-state index contributed by atoms with van der Waals surface area (Å²) in [6, 6.07) is 16.3. The molecule has 0 aliphatic carbocycles. The Balaban J connectivity index is 2.14. The van der Waals surface area contributed by atoms with Crippen LogP contribution in [0.1, 0.15) is 31.4 Å². The lowest BCUT2D eigenvalue weighted by atomic mass is 9.92. The Bertz CT molecular complexity index is 1140. The van der Waals surface area contributed by atoms with E-state index in [-0.39, 0.29) is 6.42 Å². The molecule has 0 heterocycles. The third kappa shape index (κ3) is 5.30. The van der Waals surface area contributed by atoms with Gasteiger partial charge in [-0.15, -0.1) is 0 Å². The highest BCUT2D eigenvalue weighted by Gasteiger charge is 2.18. The molecule has 33 heavy (non-hydrogen) atoms. The van der Waals surface area contributed by atoms with Gasteiger partial charge in [-0.1, -0.05) is 42.5 Å². The largest absolute Gasteiger partial charge is 0.496 e. The van der Waals surface area contributed by atoms with Crippen molar-refractivity contribution in [2.45, 2.75) is 33.1 Å². The molecule has 0 aliphatic heterocycles. The summed E-state index contributed by atoms with van der Waals surface area (Å²) in [5.41, 5.74) is 5.27. The fourth-order valence-electron chi connectivity index (χ4n) is 4.26. The van der Waals surface area contributed by atoms with Gasteiger partial charge in [-0.3, -0.25) is 4.79 Å². The fraction of sp³-hybridized carbons (Fsp3) is 0.321. The van der Waals surface area contributed by atoms with E-state index in [4.69, 9.17) is 14.6 Å². The molecular formula is C28H33NO4. The van der Waals surface area contributed by atoms with Crippen LogP contribution in [0.25, 0.3) is 21.9 Å². The average Bonchev–Trinajstić information content (AvgIpc) is 2.84. The summed E-state index contributed by atoms with van der Waals surface area (Å²) in [5.74, 6) is 0.709. The molecule has 5 nitrogen and oxygen atoms in total. The van der Waals surface area contributed by atoms with Crippen LogP contribution >= 0.6 is 0 Å². The number of fused-ring (bicyclic) bond motifs is 1. The molecule has 3 aromatic rings. The molecule has 0 amide bonds. The van der Waals surface area contributed by atoms with Gasteiger partial charge in [0, 0.05) is 32.1 Å². The number of carboxylic acid groups (broad SMARTS) is 1. The quantitative estimate of drug-likeness (QED) is 0.417. The van der Waals surface area contributed by atoms with Crippen molar-refractivity contribution in [2.75, 3.05) is 27.8 Å². The van der Waals surface area contributed by atoms with Gasteiger partial charge in [0.2, 0.25) is 0 Å². The number of methoxy groups -OCH3 is 2. The maximum Gasteiger partial charge on any atom is 0.303 e. The van der Waals surface area contributed by atoms with Gasteiger partial charge in [0.05, 0.1) is 19.8 Å². The highest BCUT2D eigenvalue weighted by molar-refractivity contribution is 6.01.